The van der Waals surface area contributed by atoms with Crippen LogP contribution in [0.1, 0.15) is 36.0 Å². The second-order valence-corrected chi connectivity index (χ2v) is 5.62. The second kappa shape index (κ2) is 4.81. The normalized spacial score (nSPS) is 29.2. The molecule has 0 aliphatic carbocycles. The Morgan fingerprint density at radius 1 is 1.32 bits per heavy atom. The van der Waals surface area contributed by atoms with Crippen LogP contribution < -0.4 is 10.9 Å². The zero-order valence-electron chi connectivity index (χ0n) is 11.1. The number of amides is 1. The van der Waals surface area contributed by atoms with Gasteiger partial charge in [0.1, 0.15) is 0 Å². The molecule has 1 amide bonds. The fourth-order valence-electron chi connectivity index (χ4n) is 3.29. The van der Waals surface area contributed by atoms with Gasteiger partial charge in [-0.05, 0) is 31.7 Å². The van der Waals surface area contributed by atoms with Crippen LogP contribution in [0.4, 0.5) is 0 Å². The van der Waals surface area contributed by atoms with Gasteiger partial charge in [-0.3, -0.25) is 9.59 Å². The van der Waals surface area contributed by atoms with Crippen LogP contribution in [0.5, 0.6) is 0 Å². The predicted molar refractivity (Wildman–Crippen MR) is 72.1 cm³/mol. The molecule has 2 fully saturated rings. The summed E-state index contributed by atoms with van der Waals surface area (Å²) in [4.78, 5) is 28.0. The second-order valence-electron chi connectivity index (χ2n) is 5.62. The maximum absolute atomic E-state index is 12.4. The number of pyridine rings is 1. The van der Waals surface area contributed by atoms with Crippen LogP contribution >= 0.6 is 0 Å². The van der Waals surface area contributed by atoms with Crippen LogP contribution in [0, 0.1) is 0 Å². The van der Waals surface area contributed by atoms with Crippen molar-refractivity contribution in [3.63, 3.8) is 0 Å². The summed E-state index contributed by atoms with van der Waals surface area (Å²) in [5, 5.41) is 3.57. The van der Waals surface area contributed by atoms with Crippen LogP contribution in [0.25, 0.3) is 0 Å². The molecular weight excluding hydrogens is 242 g/mol. The highest BCUT2D eigenvalue weighted by Crippen LogP contribution is 2.29. The molecule has 2 atom stereocenters. The fourth-order valence-corrected chi connectivity index (χ4v) is 3.29. The first-order chi connectivity index (χ1) is 9.13. The molecule has 3 rings (SSSR count). The highest BCUT2D eigenvalue weighted by atomic mass is 16.2. The Labute approximate surface area is 112 Å². The van der Waals surface area contributed by atoms with E-state index < -0.39 is 0 Å². The van der Waals surface area contributed by atoms with E-state index in [1.165, 1.54) is 25.1 Å². The molecule has 1 aromatic heterocycles. The summed E-state index contributed by atoms with van der Waals surface area (Å²) < 4.78 is 0. The number of carbonyl (C=O) groups is 1. The third kappa shape index (κ3) is 2.42. The van der Waals surface area contributed by atoms with Gasteiger partial charge in [0.2, 0.25) is 5.56 Å². The Kier molecular flexibility index (Phi) is 3.14. The highest BCUT2D eigenvalue weighted by molar-refractivity contribution is 5.94. The predicted octanol–water partition coefficient (Wildman–Crippen LogP) is 0.730. The van der Waals surface area contributed by atoms with Crippen LogP contribution in [-0.4, -0.2) is 41.0 Å². The zero-order chi connectivity index (χ0) is 13.4. The van der Waals surface area contributed by atoms with Gasteiger partial charge in [-0.15, -0.1) is 0 Å². The number of hydrogen-bond donors (Lipinski definition) is 2. The van der Waals surface area contributed by atoms with Gasteiger partial charge in [0, 0.05) is 43.0 Å². The third-order valence-electron chi connectivity index (χ3n) is 4.34. The first-order valence-electron chi connectivity index (χ1n) is 6.85. The van der Waals surface area contributed by atoms with Crippen LogP contribution in [0.2, 0.25) is 0 Å². The lowest BCUT2D eigenvalue weighted by atomic mass is 9.98. The quantitative estimate of drug-likeness (QED) is 0.825. The lowest BCUT2D eigenvalue weighted by molar-refractivity contribution is 0.0681. The first kappa shape index (κ1) is 12.4. The molecule has 2 aliphatic heterocycles. The van der Waals surface area contributed by atoms with Crippen LogP contribution in [0.3, 0.4) is 0 Å². The van der Waals surface area contributed by atoms with Crippen molar-refractivity contribution in [1.29, 1.82) is 0 Å². The van der Waals surface area contributed by atoms with Crippen molar-refractivity contribution in [2.45, 2.75) is 43.8 Å². The Morgan fingerprint density at radius 2 is 2.00 bits per heavy atom. The van der Waals surface area contributed by atoms with E-state index in [0.717, 1.165) is 12.8 Å². The number of carbonyl (C=O) groups excluding carboxylic acids is 1. The number of piperidine rings is 1. The maximum Gasteiger partial charge on any atom is 0.254 e. The molecule has 19 heavy (non-hydrogen) atoms. The van der Waals surface area contributed by atoms with Crippen molar-refractivity contribution in [2.24, 2.45) is 0 Å². The molecule has 0 spiro atoms. The number of H-pyrrole nitrogens is 1. The van der Waals surface area contributed by atoms with Crippen molar-refractivity contribution in [2.75, 3.05) is 7.05 Å². The molecule has 0 aromatic carbocycles. The SMILES string of the molecule is CN(C(=O)c1cc[nH]c(=O)c1)C1CC2CCC(C1)N2. The van der Waals surface area contributed by atoms with Gasteiger partial charge >= 0.3 is 0 Å². The Morgan fingerprint density at radius 3 is 2.63 bits per heavy atom. The molecule has 0 radical (unpaired) electrons. The molecular formula is C14H19N3O2. The molecule has 0 saturated carbocycles. The minimum atomic E-state index is -0.232. The van der Waals surface area contributed by atoms with Crippen molar-refractivity contribution in [3.05, 3.63) is 34.2 Å². The third-order valence-corrected chi connectivity index (χ3v) is 4.34. The summed E-state index contributed by atoms with van der Waals surface area (Å²) in [6.45, 7) is 0. The molecule has 1 aromatic rings. The molecule has 2 saturated heterocycles. The van der Waals surface area contributed by atoms with E-state index in [2.05, 4.69) is 10.3 Å². The average molecular weight is 261 g/mol. The minimum absolute atomic E-state index is 0.0580. The number of nitrogens with one attached hydrogen (secondary N) is 2. The standard InChI is InChI=1S/C14H19N3O2/c1-17(12-7-10-2-3-11(8-12)16-10)14(19)9-4-5-15-13(18)6-9/h4-6,10-12,16H,2-3,7-8H2,1H3,(H,15,18). The lowest BCUT2D eigenvalue weighted by Gasteiger charge is -2.35. The van der Waals surface area contributed by atoms with E-state index in [1.807, 2.05) is 7.05 Å². The molecule has 2 aliphatic rings. The van der Waals surface area contributed by atoms with Crippen LogP contribution in [0.15, 0.2) is 23.1 Å². The van der Waals surface area contributed by atoms with Gasteiger partial charge in [-0.1, -0.05) is 0 Å². The summed E-state index contributed by atoms with van der Waals surface area (Å²) >= 11 is 0. The summed E-state index contributed by atoms with van der Waals surface area (Å²) in [7, 11) is 1.85. The lowest BCUT2D eigenvalue weighted by Crippen LogP contribution is -2.48. The summed E-state index contributed by atoms with van der Waals surface area (Å²) in [6, 6.07) is 4.42. The smallest absolute Gasteiger partial charge is 0.254 e. The van der Waals surface area contributed by atoms with Gasteiger partial charge in [0.15, 0.2) is 0 Å². The Hall–Kier alpha value is -1.62. The molecule has 3 heterocycles. The molecule has 2 unspecified atom stereocenters. The maximum atomic E-state index is 12.4. The Bertz CT molecular complexity index is 527. The van der Waals surface area contributed by atoms with E-state index in [4.69, 9.17) is 0 Å². The molecule has 2 N–H and O–H groups in total. The average Bonchev–Trinajstić information content (AvgIpc) is 2.76. The fraction of sp³-hybridized carbons (Fsp3) is 0.571. The summed E-state index contributed by atoms with van der Waals surface area (Å²) in [5.74, 6) is -0.0580. The molecule has 102 valence electrons. The van der Waals surface area contributed by atoms with Gasteiger partial charge < -0.3 is 15.2 Å². The van der Waals surface area contributed by atoms with E-state index in [1.54, 1.807) is 11.0 Å². The van der Waals surface area contributed by atoms with Gasteiger partial charge in [-0.2, -0.15) is 0 Å². The van der Waals surface area contributed by atoms with Gasteiger partial charge in [0.05, 0.1) is 0 Å². The first-order valence-corrected chi connectivity index (χ1v) is 6.85. The largest absolute Gasteiger partial charge is 0.339 e. The molecule has 5 nitrogen and oxygen atoms in total. The number of hydrogen-bond acceptors (Lipinski definition) is 3. The van der Waals surface area contributed by atoms with E-state index >= 15 is 0 Å². The topological polar surface area (TPSA) is 65.2 Å². The summed E-state index contributed by atoms with van der Waals surface area (Å²) in [5.41, 5.74) is 0.238. The molecule has 2 bridgehead atoms. The van der Waals surface area contributed by atoms with Crippen LogP contribution in [-0.2, 0) is 0 Å². The zero-order valence-corrected chi connectivity index (χ0v) is 11.1. The van der Waals surface area contributed by atoms with Crippen molar-refractivity contribution in [3.8, 4) is 0 Å². The number of aromatic nitrogens is 1. The van der Waals surface area contributed by atoms with E-state index in [0.29, 0.717) is 17.6 Å². The Balaban J connectivity index is 1.75. The van der Waals surface area contributed by atoms with Crippen molar-refractivity contribution in [1.82, 2.24) is 15.2 Å². The van der Waals surface area contributed by atoms with Gasteiger partial charge in [-0.25, -0.2) is 0 Å². The van der Waals surface area contributed by atoms with Crippen molar-refractivity contribution < 1.29 is 4.79 Å². The minimum Gasteiger partial charge on any atom is -0.339 e. The van der Waals surface area contributed by atoms with E-state index in [9.17, 15) is 9.59 Å². The van der Waals surface area contributed by atoms with E-state index in [-0.39, 0.29) is 17.5 Å². The highest BCUT2D eigenvalue weighted by Gasteiger charge is 2.36. The summed E-state index contributed by atoms with van der Waals surface area (Å²) in [6.07, 6.45) is 5.99. The number of aromatic amines is 1. The number of fused-ring (bicyclic) bond motifs is 2. The number of nitrogens with zero attached hydrogens (tertiary/aromatic N) is 1. The number of rotatable bonds is 2. The van der Waals surface area contributed by atoms with Gasteiger partial charge in [0.25, 0.3) is 5.91 Å². The molecule has 5 heteroatoms. The monoisotopic (exact) mass is 261 g/mol. The van der Waals surface area contributed by atoms with Crippen molar-refractivity contribution >= 4 is 5.91 Å².